The van der Waals surface area contributed by atoms with E-state index in [9.17, 15) is 14.4 Å². The Hall–Kier alpha value is -5.37. The van der Waals surface area contributed by atoms with Gasteiger partial charge in [-0.15, -0.1) is 5.10 Å². The normalized spacial score (nSPS) is 10.5. The van der Waals surface area contributed by atoms with Crippen LogP contribution in [0.4, 0.5) is 11.7 Å². The Morgan fingerprint density at radius 3 is 2.00 bits per heavy atom. The van der Waals surface area contributed by atoms with E-state index in [0.717, 1.165) is 5.56 Å². The molecule has 180 valence electrons. The van der Waals surface area contributed by atoms with E-state index in [0.29, 0.717) is 11.3 Å². The van der Waals surface area contributed by atoms with Crippen molar-refractivity contribution in [1.29, 1.82) is 0 Å². The predicted molar refractivity (Wildman–Crippen MR) is 138 cm³/mol. The van der Waals surface area contributed by atoms with E-state index in [1.807, 2.05) is 36.4 Å². The Bertz CT molecular complexity index is 1580. The summed E-state index contributed by atoms with van der Waals surface area (Å²) >= 11 is 0. The maximum absolute atomic E-state index is 13.1. The first kappa shape index (κ1) is 23.4. The first-order valence-electron chi connectivity index (χ1n) is 11.4. The largest absolute Gasteiger partial charge is 0.403 e. The molecule has 2 N–H and O–H groups in total. The van der Waals surface area contributed by atoms with Gasteiger partial charge in [-0.05, 0) is 36.4 Å². The van der Waals surface area contributed by atoms with Crippen LogP contribution in [0.3, 0.4) is 0 Å². The fourth-order valence-corrected chi connectivity index (χ4v) is 3.70. The summed E-state index contributed by atoms with van der Waals surface area (Å²) in [6.07, 6.45) is 0. The molecule has 0 saturated heterocycles. The molecule has 0 radical (unpaired) electrons. The lowest BCUT2D eigenvalue weighted by Gasteiger charge is -2.10. The molecule has 0 aliphatic rings. The van der Waals surface area contributed by atoms with Gasteiger partial charge in [0.05, 0.1) is 5.56 Å². The lowest BCUT2D eigenvalue weighted by Crippen LogP contribution is -2.17. The van der Waals surface area contributed by atoms with Crippen LogP contribution in [0.15, 0.2) is 114 Å². The number of ketones is 1. The van der Waals surface area contributed by atoms with Gasteiger partial charge in [-0.3, -0.25) is 19.7 Å². The van der Waals surface area contributed by atoms with Gasteiger partial charge in [0.25, 0.3) is 11.8 Å². The quantitative estimate of drug-likeness (QED) is 0.294. The second kappa shape index (κ2) is 10.5. The molecule has 0 spiro atoms. The van der Waals surface area contributed by atoms with Gasteiger partial charge in [0.15, 0.2) is 5.78 Å². The van der Waals surface area contributed by atoms with Crippen LogP contribution in [0.1, 0.15) is 36.6 Å². The van der Waals surface area contributed by atoms with E-state index in [1.54, 1.807) is 66.7 Å². The van der Waals surface area contributed by atoms with Crippen molar-refractivity contribution >= 4 is 29.3 Å². The van der Waals surface area contributed by atoms with Crippen molar-refractivity contribution < 1.29 is 18.8 Å². The molecule has 4 aromatic carbocycles. The highest BCUT2D eigenvalue weighted by molar-refractivity contribution is 6.17. The zero-order chi connectivity index (χ0) is 25.6. The fraction of sp³-hybridized carbons (Fsp3) is 0. The summed E-state index contributed by atoms with van der Waals surface area (Å²) in [4.78, 5) is 38.8. The number of aromatic nitrogens is 2. The third kappa shape index (κ3) is 5.33. The Balaban J connectivity index is 1.30. The Labute approximate surface area is 212 Å². The topological polar surface area (TPSA) is 114 Å². The molecule has 1 heterocycles. The molecular formula is C29H20N4O4. The molecule has 0 atom stereocenters. The van der Waals surface area contributed by atoms with Crippen LogP contribution in [0.5, 0.6) is 0 Å². The van der Waals surface area contributed by atoms with E-state index in [1.165, 1.54) is 6.07 Å². The van der Waals surface area contributed by atoms with E-state index in [-0.39, 0.29) is 34.4 Å². The maximum atomic E-state index is 13.1. The van der Waals surface area contributed by atoms with Crippen LogP contribution in [0, 0.1) is 0 Å². The lowest BCUT2D eigenvalue weighted by atomic mass is 9.98. The number of rotatable bonds is 7. The average Bonchev–Trinajstić information content (AvgIpc) is 3.42. The van der Waals surface area contributed by atoms with Crippen LogP contribution in [0.25, 0.3) is 11.5 Å². The van der Waals surface area contributed by atoms with Gasteiger partial charge in [-0.2, -0.15) is 0 Å². The monoisotopic (exact) mass is 488 g/mol. The molecule has 5 aromatic rings. The van der Waals surface area contributed by atoms with Gasteiger partial charge in [-0.25, -0.2) is 0 Å². The molecule has 0 fully saturated rings. The first-order valence-corrected chi connectivity index (χ1v) is 11.4. The number of amides is 2. The molecule has 8 nitrogen and oxygen atoms in total. The highest BCUT2D eigenvalue weighted by Crippen LogP contribution is 2.21. The fourth-order valence-electron chi connectivity index (χ4n) is 3.70. The van der Waals surface area contributed by atoms with Crippen molar-refractivity contribution in [3.05, 3.63) is 131 Å². The van der Waals surface area contributed by atoms with Crippen LogP contribution >= 0.6 is 0 Å². The second-order valence-electron chi connectivity index (χ2n) is 8.01. The third-order valence-electron chi connectivity index (χ3n) is 5.50. The molecule has 0 bridgehead atoms. The van der Waals surface area contributed by atoms with Gasteiger partial charge in [0.2, 0.25) is 5.89 Å². The second-order valence-corrected chi connectivity index (χ2v) is 8.01. The maximum Gasteiger partial charge on any atom is 0.322 e. The summed E-state index contributed by atoms with van der Waals surface area (Å²) in [5.74, 6) is -0.935. The summed E-state index contributed by atoms with van der Waals surface area (Å²) < 4.78 is 5.53. The van der Waals surface area contributed by atoms with Crippen molar-refractivity contribution in [2.45, 2.75) is 0 Å². The van der Waals surface area contributed by atoms with Gasteiger partial charge >= 0.3 is 6.01 Å². The smallest absolute Gasteiger partial charge is 0.322 e. The Kier molecular flexibility index (Phi) is 6.63. The molecule has 1 aromatic heterocycles. The third-order valence-corrected chi connectivity index (χ3v) is 5.50. The van der Waals surface area contributed by atoms with Crippen molar-refractivity contribution in [1.82, 2.24) is 10.2 Å². The number of carbonyl (C=O) groups is 3. The van der Waals surface area contributed by atoms with Crippen LogP contribution in [-0.4, -0.2) is 27.8 Å². The number of carbonyl (C=O) groups excluding carboxylic acids is 3. The van der Waals surface area contributed by atoms with Crippen LogP contribution < -0.4 is 10.6 Å². The molecule has 0 aliphatic heterocycles. The van der Waals surface area contributed by atoms with Gasteiger partial charge in [-0.1, -0.05) is 77.9 Å². The van der Waals surface area contributed by atoms with Gasteiger partial charge in [0, 0.05) is 27.9 Å². The summed E-state index contributed by atoms with van der Waals surface area (Å²) in [6, 6.07) is 30.9. The van der Waals surface area contributed by atoms with Gasteiger partial charge < -0.3 is 9.73 Å². The van der Waals surface area contributed by atoms with Crippen molar-refractivity contribution in [3.8, 4) is 11.5 Å². The molecule has 8 heteroatoms. The summed E-state index contributed by atoms with van der Waals surface area (Å²) in [7, 11) is 0. The lowest BCUT2D eigenvalue weighted by molar-refractivity contribution is 0.0996. The molecule has 0 unspecified atom stereocenters. The standard InChI is InChI=1S/C29H20N4O4/c34-25(19-10-3-1-4-11-19)23-16-7-8-17-24(23)27(36)30-22-15-9-14-21(18-22)26(35)31-29-33-32-28(37-29)20-12-5-2-6-13-20/h1-18H,(H,30,36)(H,31,33,35). The zero-order valence-corrected chi connectivity index (χ0v) is 19.4. The molecule has 0 aliphatic carbocycles. The van der Waals surface area contributed by atoms with Crippen molar-refractivity contribution in [3.63, 3.8) is 0 Å². The number of nitrogens with zero attached hydrogens (tertiary/aromatic N) is 2. The molecule has 0 saturated carbocycles. The average molecular weight is 489 g/mol. The molecular weight excluding hydrogens is 468 g/mol. The SMILES string of the molecule is O=C(Nc1nnc(-c2ccccc2)o1)c1cccc(NC(=O)c2ccccc2C(=O)c2ccccc2)c1. The van der Waals surface area contributed by atoms with E-state index in [4.69, 9.17) is 4.42 Å². The number of hydrogen-bond donors (Lipinski definition) is 2. The van der Waals surface area contributed by atoms with Crippen LogP contribution in [0.2, 0.25) is 0 Å². The van der Waals surface area contributed by atoms with E-state index >= 15 is 0 Å². The molecule has 5 rings (SSSR count). The van der Waals surface area contributed by atoms with E-state index < -0.39 is 11.8 Å². The van der Waals surface area contributed by atoms with Crippen LogP contribution in [-0.2, 0) is 0 Å². The molecule has 2 amide bonds. The summed E-state index contributed by atoms with van der Waals surface area (Å²) in [5.41, 5.74) is 2.38. The number of hydrogen-bond acceptors (Lipinski definition) is 6. The van der Waals surface area contributed by atoms with Gasteiger partial charge in [0.1, 0.15) is 0 Å². The summed E-state index contributed by atoms with van der Waals surface area (Å²) in [6.45, 7) is 0. The summed E-state index contributed by atoms with van der Waals surface area (Å²) in [5, 5.41) is 13.2. The van der Waals surface area contributed by atoms with Crippen molar-refractivity contribution in [2.75, 3.05) is 10.6 Å². The first-order chi connectivity index (χ1) is 18.1. The highest BCUT2D eigenvalue weighted by atomic mass is 16.4. The predicted octanol–water partition coefficient (Wildman–Crippen LogP) is 5.47. The zero-order valence-electron chi connectivity index (χ0n) is 19.4. The minimum absolute atomic E-state index is 0.0494. The Morgan fingerprint density at radius 2 is 1.24 bits per heavy atom. The van der Waals surface area contributed by atoms with E-state index in [2.05, 4.69) is 20.8 Å². The minimum Gasteiger partial charge on any atom is -0.403 e. The van der Waals surface area contributed by atoms with Crippen molar-refractivity contribution in [2.24, 2.45) is 0 Å². The number of anilines is 2. The molecule has 37 heavy (non-hydrogen) atoms. The highest BCUT2D eigenvalue weighted by Gasteiger charge is 2.19. The number of benzene rings is 4. The number of nitrogens with one attached hydrogen (secondary N) is 2. The minimum atomic E-state index is -0.487. The Morgan fingerprint density at radius 1 is 0.595 bits per heavy atom.